The summed E-state index contributed by atoms with van der Waals surface area (Å²) in [6, 6.07) is 4.63. The maximum atomic E-state index is 9.41. The lowest BCUT2D eigenvalue weighted by atomic mass is 10.00. The van der Waals surface area contributed by atoms with E-state index in [0.717, 1.165) is 17.7 Å². The van der Waals surface area contributed by atoms with E-state index in [4.69, 9.17) is 4.84 Å². The molecule has 0 atom stereocenters. The number of oxime groups is 1. The SMILES string of the molecule is CO/N=C(\CC(C)C)c1ccc(O)c(O)c1. The number of phenolic OH excluding ortho intramolecular Hbond substituents is 2. The number of aromatic hydroxyl groups is 2. The first-order valence-electron chi connectivity index (χ1n) is 5.17. The summed E-state index contributed by atoms with van der Waals surface area (Å²) in [6.45, 7) is 4.15. The Morgan fingerprint density at radius 3 is 2.50 bits per heavy atom. The highest BCUT2D eigenvalue weighted by molar-refractivity contribution is 6.00. The summed E-state index contributed by atoms with van der Waals surface area (Å²) in [5.41, 5.74) is 1.51. The van der Waals surface area contributed by atoms with E-state index in [2.05, 4.69) is 19.0 Å². The molecule has 0 aromatic heterocycles. The van der Waals surface area contributed by atoms with E-state index in [1.165, 1.54) is 19.2 Å². The van der Waals surface area contributed by atoms with Crippen molar-refractivity contribution in [2.75, 3.05) is 7.11 Å². The number of nitrogens with zero attached hydrogens (tertiary/aromatic N) is 1. The molecule has 0 spiro atoms. The third-order valence-electron chi connectivity index (χ3n) is 2.11. The smallest absolute Gasteiger partial charge is 0.158 e. The Labute approximate surface area is 95.2 Å². The van der Waals surface area contributed by atoms with Crippen LogP contribution in [0.15, 0.2) is 23.4 Å². The molecule has 1 aromatic carbocycles. The molecule has 0 heterocycles. The number of benzene rings is 1. The van der Waals surface area contributed by atoms with Gasteiger partial charge >= 0.3 is 0 Å². The average Bonchev–Trinajstić information content (AvgIpc) is 2.21. The summed E-state index contributed by atoms with van der Waals surface area (Å²) in [7, 11) is 1.49. The minimum atomic E-state index is -0.148. The van der Waals surface area contributed by atoms with Crippen LogP contribution in [0.5, 0.6) is 11.5 Å². The second kappa shape index (κ2) is 5.39. The first-order valence-corrected chi connectivity index (χ1v) is 5.17. The number of hydrogen-bond acceptors (Lipinski definition) is 4. The molecule has 16 heavy (non-hydrogen) atoms. The maximum absolute atomic E-state index is 9.41. The molecule has 0 aliphatic rings. The largest absolute Gasteiger partial charge is 0.504 e. The number of phenols is 2. The lowest BCUT2D eigenvalue weighted by Crippen LogP contribution is -2.05. The van der Waals surface area contributed by atoms with Gasteiger partial charge in [0.05, 0.1) is 5.71 Å². The van der Waals surface area contributed by atoms with E-state index >= 15 is 0 Å². The molecule has 2 N–H and O–H groups in total. The van der Waals surface area contributed by atoms with Crippen LogP contribution in [0.25, 0.3) is 0 Å². The Hall–Kier alpha value is -1.71. The summed E-state index contributed by atoms with van der Waals surface area (Å²) < 4.78 is 0. The fourth-order valence-corrected chi connectivity index (χ4v) is 1.41. The first kappa shape index (κ1) is 12.4. The molecule has 0 fully saturated rings. The summed E-state index contributed by atoms with van der Waals surface area (Å²) >= 11 is 0. The Morgan fingerprint density at radius 2 is 2.00 bits per heavy atom. The first-order chi connectivity index (χ1) is 7.54. The molecule has 0 aliphatic carbocycles. The van der Waals surface area contributed by atoms with E-state index in [-0.39, 0.29) is 11.5 Å². The highest BCUT2D eigenvalue weighted by Gasteiger charge is 2.09. The minimum Gasteiger partial charge on any atom is -0.504 e. The van der Waals surface area contributed by atoms with Crippen molar-refractivity contribution in [2.45, 2.75) is 20.3 Å². The Bertz CT molecular complexity index is 386. The highest BCUT2D eigenvalue weighted by Crippen LogP contribution is 2.26. The quantitative estimate of drug-likeness (QED) is 0.468. The zero-order valence-corrected chi connectivity index (χ0v) is 9.77. The number of hydrogen-bond donors (Lipinski definition) is 2. The molecule has 1 rings (SSSR count). The predicted octanol–water partition coefficient (Wildman–Crippen LogP) is 2.49. The van der Waals surface area contributed by atoms with E-state index in [9.17, 15) is 10.2 Å². The Morgan fingerprint density at radius 1 is 1.31 bits per heavy atom. The average molecular weight is 223 g/mol. The van der Waals surface area contributed by atoms with Crippen molar-refractivity contribution in [3.8, 4) is 11.5 Å². The highest BCUT2D eigenvalue weighted by atomic mass is 16.6. The molecule has 0 unspecified atom stereocenters. The molecule has 4 heteroatoms. The minimum absolute atomic E-state index is 0.134. The van der Waals surface area contributed by atoms with Crippen LogP contribution in [0.4, 0.5) is 0 Å². The lowest BCUT2D eigenvalue weighted by Gasteiger charge is -2.09. The van der Waals surface area contributed by atoms with Gasteiger partial charge in [0.1, 0.15) is 7.11 Å². The summed E-state index contributed by atoms with van der Waals surface area (Å²) in [5, 5.41) is 22.6. The van der Waals surface area contributed by atoms with Crippen LogP contribution in [0.2, 0.25) is 0 Å². The molecular formula is C12H17NO3. The molecule has 0 saturated carbocycles. The number of rotatable bonds is 4. The third-order valence-corrected chi connectivity index (χ3v) is 2.11. The van der Waals surface area contributed by atoms with Crippen molar-refractivity contribution in [2.24, 2.45) is 11.1 Å². The van der Waals surface area contributed by atoms with Gasteiger partial charge in [0.25, 0.3) is 0 Å². The zero-order valence-electron chi connectivity index (χ0n) is 9.77. The zero-order chi connectivity index (χ0) is 12.1. The molecule has 0 amide bonds. The van der Waals surface area contributed by atoms with Crippen molar-refractivity contribution in [1.82, 2.24) is 0 Å². The van der Waals surface area contributed by atoms with Gasteiger partial charge in [-0.05, 0) is 30.5 Å². The van der Waals surface area contributed by atoms with Crippen LogP contribution < -0.4 is 0 Å². The lowest BCUT2D eigenvalue weighted by molar-refractivity contribution is 0.212. The molecule has 0 radical (unpaired) electrons. The van der Waals surface area contributed by atoms with E-state index < -0.39 is 0 Å². The van der Waals surface area contributed by atoms with Crippen LogP contribution >= 0.6 is 0 Å². The van der Waals surface area contributed by atoms with Gasteiger partial charge in [0.2, 0.25) is 0 Å². The van der Waals surface area contributed by atoms with Crippen molar-refractivity contribution < 1.29 is 15.1 Å². The molecule has 0 saturated heterocycles. The van der Waals surface area contributed by atoms with Crippen LogP contribution in [0.3, 0.4) is 0 Å². The second-order valence-corrected chi connectivity index (χ2v) is 4.02. The summed E-state index contributed by atoms with van der Waals surface area (Å²) in [5.74, 6) is 0.153. The van der Waals surface area contributed by atoms with Gasteiger partial charge in [-0.1, -0.05) is 19.0 Å². The second-order valence-electron chi connectivity index (χ2n) is 4.02. The molecule has 1 aromatic rings. The van der Waals surface area contributed by atoms with Gasteiger partial charge in [-0.15, -0.1) is 0 Å². The van der Waals surface area contributed by atoms with Crippen molar-refractivity contribution in [3.05, 3.63) is 23.8 Å². The summed E-state index contributed by atoms with van der Waals surface area (Å²) in [6.07, 6.45) is 0.748. The van der Waals surface area contributed by atoms with E-state index in [0.29, 0.717) is 5.92 Å². The predicted molar refractivity (Wildman–Crippen MR) is 62.8 cm³/mol. The Kier molecular flexibility index (Phi) is 4.17. The van der Waals surface area contributed by atoms with Gasteiger partial charge in [-0.2, -0.15) is 0 Å². The molecule has 0 aliphatic heterocycles. The normalized spacial score (nSPS) is 11.9. The molecular weight excluding hydrogens is 206 g/mol. The molecule has 88 valence electrons. The van der Waals surface area contributed by atoms with E-state index in [1.54, 1.807) is 6.07 Å². The standard InChI is InChI=1S/C12H17NO3/c1-8(2)6-10(13-16-3)9-4-5-11(14)12(15)7-9/h4-5,7-8,14-15H,6H2,1-3H3/b13-10+. The van der Waals surface area contributed by atoms with E-state index in [1.807, 2.05) is 0 Å². The van der Waals surface area contributed by atoms with Gasteiger partial charge in [-0.3, -0.25) is 0 Å². The monoisotopic (exact) mass is 223 g/mol. The van der Waals surface area contributed by atoms with Crippen LogP contribution in [0, 0.1) is 5.92 Å². The van der Waals surface area contributed by atoms with Gasteiger partial charge in [-0.25, -0.2) is 0 Å². The van der Waals surface area contributed by atoms with Gasteiger partial charge in [0.15, 0.2) is 11.5 Å². The topological polar surface area (TPSA) is 62.0 Å². The van der Waals surface area contributed by atoms with Crippen molar-refractivity contribution in [3.63, 3.8) is 0 Å². The molecule has 0 bridgehead atoms. The van der Waals surface area contributed by atoms with Crippen LogP contribution in [-0.4, -0.2) is 23.0 Å². The fourth-order valence-electron chi connectivity index (χ4n) is 1.41. The van der Waals surface area contributed by atoms with Crippen molar-refractivity contribution >= 4 is 5.71 Å². The van der Waals surface area contributed by atoms with Gasteiger partial charge < -0.3 is 15.1 Å². The molecule has 4 nitrogen and oxygen atoms in total. The van der Waals surface area contributed by atoms with Crippen LogP contribution in [-0.2, 0) is 4.84 Å². The maximum Gasteiger partial charge on any atom is 0.158 e. The third kappa shape index (κ3) is 3.15. The van der Waals surface area contributed by atoms with Gasteiger partial charge in [0, 0.05) is 5.56 Å². The van der Waals surface area contributed by atoms with Crippen molar-refractivity contribution in [1.29, 1.82) is 0 Å². The summed E-state index contributed by atoms with van der Waals surface area (Å²) in [4.78, 5) is 4.77. The fraction of sp³-hybridized carbons (Fsp3) is 0.417. The van der Waals surface area contributed by atoms with Crippen LogP contribution in [0.1, 0.15) is 25.8 Å². The Balaban J connectivity index is 3.02.